The van der Waals surface area contributed by atoms with Gasteiger partial charge in [-0.1, -0.05) is 153 Å². The number of benzene rings is 6. The van der Waals surface area contributed by atoms with Crippen LogP contribution in [-0.4, -0.2) is 57.3 Å². The normalized spacial score (nSPS) is 14.3. The monoisotopic (exact) mass is 764 g/mol. The first kappa shape index (κ1) is 37.9. The lowest BCUT2D eigenvalue weighted by atomic mass is 9.76. The number of rotatable bonds is 12. The molecule has 1 aromatic heterocycles. The lowest BCUT2D eigenvalue weighted by Crippen LogP contribution is -2.39. The summed E-state index contributed by atoms with van der Waals surface area (Å²) in [6.07, 6.45) is 1.04. The second-order valence-electron chi connectivity index (χ2n) is 14.2. The maximum absolute atomic E-state index is 12.3. The van der Waals surface area contributed by atoms with E-state index in [-0.39, 0.29) is 12.1 Å². The van der Waals surface area contributed by atoms with Crippen molar-refractivity contribution in [1.29, 1.82) is 0 Å². The predicted molar refractivity (Wildman–Crippen MR) is 227 cm³/mol. The number of ether oxygens (including phenoxy) is 1. The van der Waals surface area contributed by atoms with Gasteiger partial charge in [0.15, 0.2) is 5.82 Å². The molecule has 0 amide bonds. The van der Waals surface area contributed by atoms with E-state index in [2.05, 4.69) is 122 Å². The van der Waals surface area contributed by atoms with Gasteiger partial charge in [0.25, 0.3) is 0 Å². The van der Waals surface area contributed by atoms with Gasteiger partial charge in [-0.2, -0.15) is 0 Å². The van der Waals surface area contributed by atoms with Crippen LogP contribution in [0.5, 0.6) is 0 Å². The molecule has 1 aliphatic heterocycles. The van der Waals surface area contributed by atoms with Crippen molar-refractivity contribution in [1.82, 2.24) is 25.3 Å². The summed E-state index contributed by atoms with van der Waals surface area (Å²) in [4.78, 5) is 23.6. The Morgan fingerprint density at radius 2 is 1.26 bits per heavy atom. The van der Waals surface area contributed by atoms with Crippen LogP contribution in [0.2, 0.25) is 0 Å². The van der Waals surface area contributed by atoms with Crippen molar-refractivity contribution in [3.63, 3.8) is 0 Å². The van der Waals surface area contributed by atoms with Crippen LogP contribution in [0.1, 0.15) is 58.4 Å². The number of nitrogens with zero attached hydrogens (tertiary/aromatic N) is 6. The Bertz CT molecular complexity index is 2470. The van der Waals surface area contributed by atoms with Crippen LogP contribution in [0.15, 0.2) is 180 Å². The maximum Gasteiger partial charge on any atom is 0.337 e. The molecule has 9 heteroatoms. The minimum atomic E-state index is -0.945. The average molecular weight is 765 g/mol. The number of allylic oxidation sites excluding steroid dienone is 2. The van der Waals surface area contributed by atoms with Gasteiger partial charge in [0.2, 0.25) is 0 Å². The Morgan fingerprint density at radius 1 is 0.690 bits per heavy atom. The molecule has 1 atom stereocenters. The predicted octanol–water partition coefficient (Wildman–Crippen LogP) is 9.55. The van der Waals surface area contributed by atoms with Crippen LogP contribution in [0, 0.1) is 0 Å². The molecule has 1 unspecified atom stereocenters. The smallest absolute Gasteiger partial charge is 0.337 e. The summed E-state index contributed by atoms with van der Waals surface area (Å²) in [5, 5.41) is 16.1. The van der Waals surface area contributed by atoms with Gasteiger partial charge in [-0.15, -0.1) is 5.10 Å². The third-order valence-corrected chi connectivity index (χ3v) is 10.9. The molecule has 8 rings (SSSR count). The highest BCUT2D eigenvalue weighted by Gasteiger charge is 2.42. The van der Waals surface area contributed by atoms with E-state index in [9.17, 15) is 4.79 Å². The first-order valence-electron chi connectivity index (χ1n) is 19.4. The molecule has 0 saturated heterocycles. The fourth-order valence-corrected chi connectivity index (χ4v) is 8.10. The largest absolute Gasteiger partial charge is 0.465 e. The molecule has 0 spiro atoms. The van der Waals surface area contributed by atoms with Crippen molar-refractivity contribution in [3.8, 4) is 22.5 Å². The fraction of sp³-hybridized carbons (Fsp3) is 0.163. The molecule has 6 aromatic carbocycles. The van der Waals surface area contributed by atoms with Crippen LogP contribution >= 0.6 is 0 Å². The Hall–Kier alpha value is -6.97. The topological polar surface area (TPSA) is 94.7 Å². The van der Waals surface area contributed by atoms with Crippen molar-refractivity contribution in [3.05, 3.63) is 208 Å². The molecule has 0 radical (unpaired) electrons. The standard InChI is InChI=1S/C49H44N6O3/c1-5-45-50-46(43(34(2)54(45)58-4)32-35-26-28-37(29-27-35)48(56)57-3)38-30-31-42(36-18-10-6-11-19-36)44(33-38)47-51-52-53-55(47)49(39-20-12-7-13-21-39,40-22-14-8-15-23-40)41-24-16-9-17-25-41/h6-31,33,45H,5,32H2,1-4H3. The van der Waals surface area contributed by atoms with E-state index >= 15 is 0 Å². The molecule has 0 saturated carbocycles. The average Bonchev–Trinajstić information content (AvgIpc) is 3.78. The fourth-order valence-electron chi connectivity index (χ4n) is 8.10. The van der Waals surface area contributed by atoms with E-state index in [1.54, 1.807) is 19.2 Å². The summed E-state index contributed by atoms with van der Waals surface area (Å²) in [5.74, 6) is 0.224. The van der Waals surface area contributed by atoms with Crippen molar-refractivity contribution < 1.29 is 14.4 Å². The second kappa shape index (κ2) is 16.6. The van der Waals surface area contributed by atoms with E-state index < -0.39 is 5.54 Å². The summed E-state index contributed by atoms with van der Waals surface area (Å²) in [7, 11) is 3.07. The van der Waals surface area contributed by atoms with Crippen LogP contribution in [-0.2, 0) is 21.5 Å². The lowest BCUT2D eigenvalue weighted by Gasteiger charge is -2.36. The molecular formula is C49H44N6O3. The highest BCUT2D eigenvalue weighted by molar-refractivity contribution is 6.14. The second-order valence-corrected chi connectivity index (χ2v) is 14.2. The summed E-state index contributed by atoms with van der Waals surface area (Å²) in [6.45, 7) is 4.18. The van der Waals surface area contributed by atoms with Crippen molar-refractivity contribution >= 4 is 11.7 Å². The maximum atomic E-state index is 12.3. The van der Waals surface area contributed by atoms with E-state index in [0.717, 1.165) is 67.9 Å². The Labute approximate surface area is 338 Å². The summed E-state index contributed by atoms with van der Waals surface area (Å²) < 4.78 is 6.93. The van der Waals surface area contributed by atoms with Gasteiger partial charge in [-0.3, -0.25) is 9.83 Å². The third kappa shape index (κ3) is 6.90. The van der Waals surface area contributed by atoms with E-state index in [1.807, 2.05) is 58.3 Å². The molecule has 58 heavy (non-hydrogen) atoms. The Morgan fingerprint density at radius 3 is 1.79 bits per heavy atom. The molecule has 1 aliphatic rings. The number of carbonyl (C=O) groups excluding carboxylic acids is 1. The zero-order valence-corrected chi connectivity index (χ0v) is 33.0. The van der Waals surface area contributed by atoms with Crippen molar-refractivity contribution in [2.24, 2.45) is 4.99 Å². The number of methoxy groups -OCH3 is 1. The quantitative estimate of drug-likeness (QED) is 0.0904. The Kier molecular flexibility index (Phi) is 10.9. The molecule has 0 N–H and O–H groups in total. The van der Waals surface area contributed by atoms with E-state index in [1.165, 1.54) is 7.11 Å². The SMILES string of the molecule is CCC1N=C(c2ccc(-c3ccccc3)c(-c3nnnn3C(c3ccccc3)(c3ccccc3)c3ccccc3)c2)C(Cc2ccc(C(=O)OC)cc2)=C(C)N1OC. The number of aliphatic imine (C=N–C) groups is 1. The van der Waals surface area contributed by atoms with Gasteiger partial charge < -0.3 is 4.74 Å². The van der Waals surface area contributed by atoms with Gasteiger partial charge in [-0.25, -0.2) is 14.5 Å². The van der Waals surface area contributed by atoms with Crippen molar-refractivity contribution in [2.45, 2.75) is 38.4 Å². The highest BCUT2D eigenvalue weighted by Crippen LogP contribution is 2.44. The number of esters is 1. The number of hydroxylamine groups is 2. The van der Waals surface area contributed by atoms with Gasteiger partial charge >= 0.3 is 5.97 Å². The number of hydrogen-bond donors (Lipinski definition) is 0. The minimum Gasteiger partial charge on any atom is -0.465 e. The molecule has 7 aromatic rings. The first-order chi connectivity index (χ1) is 28.5. The first-order valence-corrected chi connectivity index (χ1v) is 19.4. The van der Waals surface area contributed by atoms with Gasteiger partial charge in [0.05, 0.1) is 25.5 Å². The molecule has 0 fully saturated rings. The Balaban J connectivity index is 1.36. The highest BCUT2D eigenvalue weighted by atomic mass is 16.7. The summed E-state index contributed by atoms with van der Waals surface area (Å²) in [5.41, 5.74) is 10.2. The van der Waals surface area contributed by atoms with Crippen LogP contribution in [0.25, 0.3) is 22.5 Å². The number of aromatic nitrogens is 4. The summed E-state index contributed by atoms with van der Waals surface area (Å²) in [6, 6.07) is 55.6. The number of hydrogen-bond acceptors (Lipinski definition) is 8. The van der Waals surface area contributed by atoms with Crippen LogP contribution in [0.3, 0.4) is 0 Å². The molecule has 0 aliphatic carbocycles. The number of carbonyl (C=O) groups is 1. The molecule has 0 bridgehead atoms. The summed E-state index contributed by atoms with van der Waals surface area (Å²) >= 11 is 0. The number of tetrazole rings is 1. The van der Waals surface area contributed by atoms with Gasteiger partial charge in [-0.05, 0) is 75.4 Å². The molecular weight excluding hydrogens is 721 g/mol. The zero-order valence-electron chi connectivity index (χ0n) is 33.0. The van der Waals surface area contributed by atoms with E-state index in [4.69, 9.17) is 24.9 Å². The molecule has 9 nitrogen and oxygen atoms in total. The molecule has 288 valence electrons. The van der Waals surface area contributed by atoms with Crippen LogP contribution in [0.4, 0.5) is 0 Å². The third-order valence-electron chi connectivity index (χ3n) is 10.9. The lowest BCUT2D eigenvalue weighted by molar-refractivity contribution is -0.132. The van der Waals surface area contributed by atoms with Crippen LogP contribution < -0.4 is 0 Å². The molecule has 2 heterocycles. The van der Waals surface area contributed by atoms with Gasteiger partial charge in [0, 0.05) is 28.8 Å². The van der Waals surface area contributed by atoms with E-state index in [0.29, 0.717) is 17.8 Å². The zero-order chi connectivity index (χ0) is 40.1. The van der Waals surface area contributed by atoms with Gasteiger partial charge in [0.1, 0.15) is 11.7 Å². The minimum absolute atomic E-state index is 0.241. The van der Waals surface area contributed by atoms with Crippen molar-refractivity contribution in [2.75, 3.05) is 14.2 Å².